The number of imidazole rings is 1. The van der Waals surface area contributed by atoms with Crippen LogP contribution in [0.3, 0.4) is 0 Å². The van der Waals surface area contributed by atoms with Gasteiger partial charge in [0.15, 0.2) is 5.58 Å². The van der Waals surface area contributed by atoms with Crippen LogP contribution < -0.4 is 0 Å². The fourth-order valence-corrected chi connectivity index (χ4v) is 2.29. The molecule has 0 aliphatic rings. The molecule has 0 radical (unpaired) electrons. The predicted octanol–water partition coefficient (Wildman–Crippen LogP) is 2.62. The highest BCUT2D eigenvalue weighted by atomic mass is 19.3. The fraction of sp³-hybridized carbons (Fsp3) is 0.267. The number of amides is 1. The van der Waals surface area contributed by atoms with Crippen LogP contribution in [-0.4, -0.2) is 32.6 Å². The number of halogens is 2. The van der Waals surface area contributed by atoms with Gasteiger partial charge in [0.05, 0.1) is 13.0 Å². The highest BCUT2D eigenvalue weighted by Gasteiger charge is 2.18. The number of carbonyl (C=O) groups is 1. The molecule has 2 aromatic heterocycles. The van der Waals surface area contributed by atoms with Crippen molar-refractivity contribution in [3.05, 3.63) is 48.2 Å². The maximum Gasteiger partial charge on any atom is 0.319 e. The lowest BCUT2D eigenvalue weighted by molar-refractivity contribution is -0.130. The van der Waals surface area contributed by atoms with Gasteiger partial charge >= 0.3 is 6.55 Å². The molecule has 8 heteroatoms. The van der Waals surface area contributed by atoms with Crippen molar-refractivity contribution in [2.75, 3.05) is 7.05 Å². The molecule has 6 nitrogen and oxygen atoms in total. The molecule has 120 valence electrons. The van der Waals surface area contributed by atoms with Gasteiger partial charge in [0.1, 0.15) is 11.5 Å². The third-order valence-corrected chi connectivity index (χ3v) is 3.53. The van der Waals surface area contributed by atoms with Gasteiger partial charge in [-0.15, -0.1) is 0 Å². The first-order valence-corrected chi connectivity index (χ1v) is 6.93. The van der Waals surface area contributed by atoms with E-state index in [0.717, 1.165) is 9.95 Å². The molecule has 1 aromatic carbocycles. The molecule has 0 unspecified atom stereocenters. The number of carbonyl (C=O) groups excluding carboxylic acids is 1. The van der Waals surface area contributed by atoms with E-state index in [1.54, 1.807) is 6.07 Å². The van der Waals surface area contributed by atoms with Crippen molar-refractivity contribution in [2.45, 2.75) is 19.5 Å². The maximum atomic E-state index is 12.8. The van der Waals surface area contributed by atoms with Gasteiger partial charge in [-0.1, -0.05) is 17.3 Å². The van der Waals surface area contributed by atoms with E-state index in [2.05, 4.69) is 10.1 Å². The van der Waals surface area contributed by atoms with Gasteiger partial charge in [-0.3, -0.25) is 9.36 Å². The van der Waals surface area contributed by atoms with Gasteiger partial charge in [-0.2, -0.15) is 8.78 Å². The van der Waals surface area contributed by atoms with Crippen molar-refractivity contribution in [1.29, 1.82) is 0 Å². The lowest BCUT2D eigenvalue weighted by Crippen LogP contribution is -2.29. The van der Waals surface area contributed by atoms with E-state index in [-0.39, 0.29) is 24.7 Å². The van der Waals surface area contributed by atoms with Gasteiger partial charge in [-0.25, -0.2) is 4.98 Å². The van der Waals surface area contributed by atoms with Crippen LogP contribution >= 0.6 is 0 Å². The Morgan fingerprint density at radius 3 is 2.96 bits per heavy atom. The number of aromatic nitrogens is 3. The Bertz CT molecular complexity index is 828. The molecular weight excluding hydrogens is 306 g/mol. The third kappa shape index (κ3) is 3.05. The molecule has 0 aliphatic heterocycles. The molecule has 0 fully saturated rings. The molecule has 1 amide bonds. The first-order chi connectivity index (χ1) is 11.1. The smallest absolute Gasteiger partial charge is 0.319 e. The van der Waals surface area contributed by atoms with Crippen LogP contribution in [0.15, 0.2) is 41.2 Å². The molecule has 0 saturated carbocycles. The number of hydrogen-bond donors (Lipinski definition) is 0. The van der Waals surface area contributed by atoms with Crippen LogP contribution in [0.25, 0.3) is 11.0 Å². The maximum absolute atomic E-state index is 12.8. The van der Waals surface area contributed by atoms with Crippen LogP contribution in [0.2, 0.25) is 0 Å². The summed E-state index contributed by atoms with van der Waals surface area (Å²) < 4.78 is 31.5. The summed E-state index contributed by atoms with van der Waals surface area (Å²) in [6.45, 7) is -2.69. The zero-order valence-corrected chi connectivity index (χ0v) is 12.3. The minimum atomic E-state index is -2.68. The Kier molecular flexibility index (Phi) is 4.05. The van der Waals surface area contributed by atoms with Crippen LogP contribution in [0.1, 0.15) is 18.1 Å². The number of para-hydroxylation sites is 1. The predicted molar refractivity (Wildman–Crippen MR) is 77.7 cm³/mol. The molecule has 3 aromatic rings. The SMILES string of the molecule is CN(Cc1nccn1C(F)F)C(=O)Cc1noc2ccccc12. The Hall–Kier alpha value is -2.77. The first kappa shape index (κ1) is 15.1. The second-order valence-electron chi connectivity index (χ2n) is 5.08. The number of alkyl halides is 2. The lowest BCUT2D eigenvalue weighted by atomic mass is 10.1. The van der Waals surface area contributed by atoms with Crippen molar-refractivity contribution in [3.63, 3.8) is 0 Å². The summed E-state index contributed by atoms with van der Waals surface area (Å²) in [6, 6.07) is 7.23. The van der Waals surface area contributed by atoms with Gasteiger partial charge in [0.2, 0.25) is 5.91 Å². The second kappa shape index (κ2) is 6.15. The van der Waals surface area contributed by atoms with Crippen LogP contribution in [0.4, 0.5) is 8.78 Å². The standard InChI is InChI=1S/C15H14F2N4O2/c1-20(9-13-18-6-7-21(13)15(16)17)14(22)8-11-10-4-2-3-5-12(10)23-19-11/h2-7,15H,8-9H2,1H3. The highest BCUT2D eigenvalue weighted by Crippen LogP contribution is 2.19. The summed E-state index contributed by atoms with van der Waals surface area (Å²) in [5.74, 6) is -0.131. The van der Waals surface area contributed by atoms with E-state index in [1.165, 1.54) is 24.3 Å². The van der Waals surface area contributed by atoms with Gasteiger partial charge < -0.3 is 9.42 Å². The lowest BCUT2D eigenvalue weighted by Gasteiger charge is -2.17. The van der Waals surface area contributed by atoms with E-state index in [0.29, 0.717) is 11.3 Å². The topological polar surface area (TPSA) is 64.2 Å². The Balaban J connectivity index is 1.71. The largest absolute Gasteiger partial charge is 0.356 e. The zero-order chi connectivity index (χ0) is 16.4. The Labute approximate surface area is 130 Å². The van der Waals surface area contributed by atoms with Crippen LogP contribution in [0, 0.1) is 0 Å². The van der Waals surface area contributed by atoms with Crippen molar-refractivity contribution < 1.29 is 18.1 Å². The number of fused-ring (bicyclic) bond motifs is 1. The summed E-state index contributed by atoms with van der Waals surface area (Å²) in [5.41, 5.74) is 1.13. The molecule has 0 bridgehead atoms. The van der Waals surface area contributed by atoms with Gasteiger partial charge in [-0.05, 0) is 12.1 Å². The first-order valence-electron chi connectivity index (χ1n) is 6.93. The average molecular weight is 320 g/mol. The summed E-state index contributed by atoms with van der Waals surface area (Å²) in [4.78, 5) is 17.5. The average Bonchev–Trinajstić information content (AvgIpc) is 3.14. The van der Waals surface area contributed by atoms with Crippen LogP contribution in [-0.2, 0) is 17.8 Å². The van der Waals surface area contributed by atoms with Crippen molar-refractivity contribution in [1.82, 2.24) is 19.6 Å². The quantitative estimate of drug-likeness (QED) is 0.725. The Morgan fingerprint density at radius 1 is 1.39 bits per heavy atom. The van der Waals surface area contributed by atoms with E-state index < -0.39 is 6.55 Å². The summed E-state index contributed by atoms with van der Waals surface area (Å²) in [5, 5.41) is 4.66. The molecule has 3 rings (SSSR count). The summed E-state index contributed by atoms with van der Waals surface area (Å²) in [6.07, 6.45) is 2.50. The molecule has 23 heavy (non-hydrogen) atoms. The number of benzene rings is 1. The summed E-state index contributed by atoms with van der Waals surface area (Å²) in [7, 11) is 1.54. The number of likely N-dealkylation sites (N-methyl/N-ethyl adjacent to an activating group) is 1. The molecule has 2 heterocycles. The van der Waals surface area contributed by atoms with Crippen molar-refractivity contribution >= 4 is 16.9 Å². The van der Waals surface area contributed by atoms with Crippen LogP contribution in [0.5, 0.6) is 0 Å². The zero-order valence-electron chi connectivity index (χ0n) is 12.3. The minimum absolute atomic E-state index is 0.00798. The number of rotatable bonds is 5. The number of nitrogens with zero attached hydrogens (tertiary/aromatic N) is 4. The minimum Gasteiger partial charge on any atom is -0.356 e. The van der Waals surface area contributed by atoms with Gasteiger partial charge in [0.25, 0.3) is 0 Å². The molecule has 0 N–H and O–H groups in total. The van der Waals surface area contributed by atoms with E-state index in [9.17, 15) is 13.6 Å². The Morgan fingerprint density at radius 2 is 2.17 bits per heavy atom. The van der Waals surface area contributed by atoms with E-state index >= 15 is 0 Å². The molecule has 0 atom stereocenters. The highest BCUT2D eigenvalue weighted by molar-refractivity contribution is 5.86. The summed E-state index contributed by atoms with van der Waals surface area (Å²) >= 11 is 0. The number of hydrogen-bond acceptors (Lipinski definition) is 4. The normalized spacial score (nSPS) is 11.3. The molecular formula is C15H14F2N4O2. The van der Waals surface area contributed by atoms with Crippen molar-refractivity contribution in [3.8, 4) is 0 Å². The fourth-order valence-electron chi connectivity index (χ4n) is 2.29. The monoisotopic (exact) mass is 320 g/mol. The second-order valence-corrected chi connectivity index (χ2v) is 5.08. The third-order valence-electron chi connectivity index (χ3n) is 3.53. The molecule has 0 spiro atoms. The molecule has 0 aliphatic carbocycles. The van der Waals surface area contributed by atoms with Gasteiger partial charge in [0, 0.05) is 24.8 Å². The van der Waals surface area contributed by atoms with E-state index in [1.807, 2.05) is 18.2 Å². The molecule has 0 saturated heterocycles. The van der Waals surface area contributed by atoms with Crippen molar-refractivity contribution in [2.24, 2.45) is 0 Å². The van der Waals surface area contributed by atoms with E-state index in [4.69, 9.17) is 4.52 Å².